The first-order valence-electron chi connectivity index (χ1n) is 7.46. The van der Waals surface area contributed by atoms with Gasteiger partial charge in [-0.05, 0) is 43.5 Å². The van der Waals surface area contributed by atoms with Crippen molar-refractivity contribution >= 4 is 5.91 Å². The molecule has 0 bridgehead atoms. The Morgan fingerprint density at radius 3 is 2.76 bits per heavy atom. The van der Waals surface area contributed by atoms with E-state index in [-0.39, 0.29) is 12.5 Å². The smallest absolute Gasteiger partial charge is 0.265 e. The highest BCUT2D eigenvalue weighted by atomic mass is 16.2. The highest BCUT2D eigenvalue weighted by molar-refractivity contribution is 5.94. The molecule has 112 valence electrons. The molecule has 0 radical (unpaired) electrons. The summed E-state index contributed by atoms with van der Waals surface area (Å²) in [5, 5.41) is 10.7. The van der Waals surface area contributed by atoms with Crippen molar-refractivity contribution in [2.24, 2.45) is 0 Å². The minimum absolute atomic E-state index is 0.0567. The van der Waals surface area contributed by atoms with E-state index in [1.165, 1.54) is 6.42 Å². The molecular weight excluding hydrogens is 264 g/mol. The van der Waals surface area contributed by atoms with Gasteiger partial charge >= 0.3 is 0 Å². The first-order chi connectivity index (χ1) is 10.2. The number of aryl methyl sites for hydroxylation is 1. The van der Waals surface area contributed by atoms with Crippen molar-refractivity contribution in [3.63, 3.8) is 0 Å². The first kappa shape index (κ1) is 15.6. The molecule has 2 rings (SSSR count). The fourth-order valence-corrected chi connectivity index (χ4v) is 2.42. The van der Waals surface area contributed by atoms with E-state index in [1.54, 1.807) is 6.07 Å². The summed E-state index contributed by atoms with van der Waals surface area (Å²) in [5.41, 5.74) is 5.42. The van der Waals surface area contributed by atoms with E-state index in [1.807, 2.05) is 24.1 Å². The fraction of sp³-hybridized carbons (Fsp3) is 0.471. The molecule has 4 heteroatoms. The maximum absolute atomic E-state index is 12.3. The molecule has 0 saturated carbocycles. The van der Waals surface area contributed by atoms with Crippen LogP contribution >= 0.6 is 0 Å². The van der Waals surface area contributed by atoms with E-state index in [0.29, 0.717) is 12.0 Å². The monoisotopic (exact) mass is 286 g/mol. The lowest BCUT2D eigenvalue weighted by molar-refractivity contribution is 0.0750. The predicted molar refractivity (Wildman–Crippen MR) is 82.7 cm³/mol. The van der Waals surface area contributed by atoms with Crippen LogP contribution < -0.4 is 5.43 Å². The Kier molecular flexibility index (Phi) is 5.79. The number of hydrogen-bond donors (Lipinski definition) is 2. The van der Waals surface area contributed by atoms with Gasteiger partial charge in [-0.25, -0.2) is 5.01 Å². The standard InChI is InChI=1S/C17H22N2O2/c1-14-11-15(7-3-6-10-20)13-16(12-14)17(21)18-19-8-4-2-5-9-19/h11-13,20H,2,4-6,8-10H2,1H3,(H,18,21). The zero-order valence-corrected chi connectivity index (χ0v) is 12.5. The summed E-state index contributed by atoms with van der Waals surface area (Å²) in [6.07, 6.45) is 3.95. The van der Waals surface area contributed by atoms with Crippen molar-refractivity contribution < 1.29 is 9.90 Å². The number of carbonyl (C=O) groups excluding carboxylic acids is 1. The van der Waals surface area contributed by atoms with Crippen LogP contribution in [-0.4, -0.2) is 35.7 Å². The highest BCUT2D eigenvalue weighted by Gasteiger charge is 2.14. The zero-order chi connectivity index (χ0) is 15.1. The Labute approximate surface area is 126 Å². The minimum Gasteiger partial charge on any atom is -0.395 e. The van der Waals surface area contributed by atoms with Crippen LogP contribution in [0.15, 0.2) is 18.2 Å². The average molecular weight is 286 g/mol. The highest BCUT2D eigenvalue weighted by Crippen LogP contribution is 2.11. The molecule has 0 aromatic heterocycles. The maximum Gasteiger partial charge on any atom is 0.265 e. The van der Waals surface area contributed by atoms with E-state index in [0.717, 1.165) is 37.1 Å². The molecule has 0 unspecified atom stereocenters. The Morgan fingerprint density at radius 2 is 2.05 bits per heavy atom. The minimum atomic E-state index is -0.0780. The van der Waals surface area contributed by atoms with Crippen molar-refractivity contribution in [3.05, 3.63) is 34.9 Å². The third-order valence-electron chi connectivity index (χ3n) is 3.42. The third-order valence-corrected chi connectivity index (χ3v) is 3.42. The number of hydrogen-bond acceptors (Lipinski definition) is 3. The largest absolute Gasteiger partial charge is 0.395 e. The number of carbonyl (C=O) groups is 1. The Morgan fingerprint density at radius 1 is 1.29 bits per heavy atom. The van der Waals surface area contributed by atoms with Gasteiger partial charge < -0.3 is 5.11 Å². The van der Waals surface area contributed by atoms with Crippen LogP contribution in [-0.2, 0) is 0 Å². The lowest BCUT2D eigenvalue weighted by Crippen LogP contribution is -2.45. The van der Waals surface area contributed by atoms with Crippen molar-refractivity contribution in [1.82, 2.24) is 10.4 Å². The van der Waals surface area contributed by atoms with Crippen LogP contribution in [0.2, 0.25) is 0 Å². The topological polar surface area (TPSA) is 52.6 Å². The van der Waals surface area contributed by atoms with E-state index >= 15 is 0 Å². The average Bonchev–Trinajstić information content (AvgIpc) is 2.48. The molecule has 1 aliphatic heterocycles. The quantitative estimate of drug-likeness (QED) is 0.834. The van der Waals surface area contributed by atoms with Crippen molar-refractivity contribution in [3.8, 4) is 11.8 Å². The van der Waals surface area contributed by atoms with Gasteiger partial charge in [0, 0.05) is 30.6 Å². The molecular formula is C17H22N2O2. The third kappa shape index (κ3) is 4.89. The molecule has 0 spiro atoms. The van der Waals surface area contributed by atoms with Gasteiger partial charge in [-0.3, -0.25) is 10.2 Å². The maximum atomic E-state index is 12.3. The Balaban J connectivity index is 2.07. The summed E-state index contributed by atoms with van der Waals surface area (Å²) in [6, 6.07) is 5.62. The summed E-state index contributed by atoms with van der Waals surface area (Å²) >= 11 is 0. The number of aliphatic hydroxyl groups is 1. The molecule has 2 N–H and O–H groups in total. The number of amides is 1. The van der Waals surface area contributed by atoms with E-state index in [9.17, 15) is 4.79 Å². The SMILES string of the molecule is Cc1cc(C#CCCO)cc(C(=O)NN2CCCCC2)c1. The molecule has 1 aromatic rings. The molecule has 1 saturated heterocycles. The molecule has 21 heavy (non-hydrogen) atoms. The zero-order valence-electron chi connectivity index (χ0n) is 12.5. The second-order valence-corrected chi connectivity index (χ2v) is 5.35. The van der Waals surface area contributed by atoms with Gasteiger partial charge in [-0.2, -0.15) is 0 Å². The van der Waals surface area contributed by atoms with Gasteiger partial charge in [-0.1, -0.05) is 18.3 Å². The van der Waals surface area contributed by atoms with Crippen molar-refractivity contribution in [2.75, 3.05) is 19.7 Å². The fourth-order valence-electron chi connectivity index (χ4n) is 2.42. The van der Waals surface area contributed by atoms with Crippen LogP contribution in [0.25, 0.3) is 0 Å². The van der Waals surface area contributed by atoms with E-state index in [4.69, 9.17) is 5.11 Å². The molecule has 1 fully saturated rings. The summed E-state index contributed by atoms with van der Waals surface area (Å²) in [5.74, 6) is 5.79. The lowest BCUT2D eigenvalue weighted by atomic mass is 10.1. The molecule has 0 atom stereocenters. The number of nitrogens with one attached hydrogen (secondary N) is 1. The first-order valence-corrected chi connectivity index (χ1v) is 7.46. The van der Waals surface area contributed by atoms with Gasteiger partial charge in [0.15, 0.2) is 0 Å². The van der Waals surface area contributed by atoms with Gasteiger partial charge in [0.05, 0.1) is 6.61 Å². The van der Waals surface area contributed by atoms with Gasteiger partial charge in [0.25, 0.3) is 5.91 Å². The van der Waals surface area contributed by atoms with Gasteiger partial charge in [-0.15, -0.1) is 0 Å². The molecule has 1 aliphatic rings. The number of hydrazine groups is 1. The number of piperidine rings is 1. The van der Waals surface area contributed by atoms with Gasteiger partial charge in [0.1, 0.15) is 0 Å². The summed E-state index contributed by atoms with van der Waals surface area (Å²) < 4.78 is 0. The molecule has 1 heterocycles. The van der Waals surface area contributed by atoms with Crippen molar-refractivity contribution in [1.29, 1.82) is 0 Å². The number of benzene rings is 1. The molecule has 4 nitrogen and oxygen atoms in total. The Bertz CT molecular complexity index is 552. The van der Waals surface area contributed by atoms with Crippen molar-refractivity contribution in [2.45, 2.75) is 32.6 Å². The van der Waals surface area contributed by atoms with E-state index in [2.05, 4.69) is 17.3 Å². The van der Waals surface area contributed by atoms with Crippen LogP contribution in [0.5, 0.6) is 0 Å². The number of rotatable bonds is 3. The molecule has 1 aromatic carbocycles. The number of aliphatic hydroxyl groups excluding tert-OH is 1. The second-order valence-electron chi connectivity index (χ2n) is 5.35. The number of nitrogens with zero attached hydrogens (tertiary/aromatic N) is 1. The van der Waals surface area contributed by atoms with Crippen LogP contribution in [0.3, 0.4) is 0 Å². The normalized spacial score (nSPS) is 15.1. The van der Waals surface area contributed by atoms with Gasteiger partial charge in [0.2, 0.25) is 0 Å². The second kappa shape index (κ2) is 7.82. The summed E-state index contributed by atoms with van der Waals surface area (Å²) in [7, 11) is 0. The van der Waals surface area contributed by atoms with Crippen LogP contribution in [0.4, 0.5) is 0 Å². The van der Waals surface area contributed by atoms with E-state index < -0.39 is 0 Å². The van der Waals surface area contributed by atoms with Crippen LogP contribution in [0, 0.1) is 18.8 Å². The summed E-state index contributed by atoms with van der Waals surface area (Å²) in [6.45, 7) is 3.84. The lowest BCUT2D eigenvalue weighted by Gasteiger charge is -2.26. The summed E-state index contributed by atoms with van der Waals surface area (Å²) in [4.78, 5) is 12.3. The molecule has 1 amide bonds. The predicted octanol–water partition coefficient (Wildman–Crippen LogP) is 1.86. The Hall–Kier alpha value is -1.83. The van der Waals surface area contributed by atoms with Crippen LogP contribution in [0.1, 0.15) is 47.2 Å². The molecule has 0 aliphatic carbocycles.